The Morgan fingerprint density at radius 3 is 2.92 bits per heavy atom. The molecule has 0 unspecified atom stereocenters. The molecule has 3 nitrogen and oxygen atoms in total. The van der Waals surface area contributed by atoms with Crippen molar-refractivity contribution in [1.82, 2.24) is 9.55 Å². The van der Waals surface area contributed by atoms with Crippen molar-refractivity contribution in [3.05, 3.63) is 24.4 Å². The number of nitrogens with zero attached hydrogens (tertiary/aromatic N) is 2. The number of pyridine rings is 1. The summed E-state index contributed by atoms with van der Waals surface area (Å²) in [4.78, 5) is 4.31. The molecule has 2 rings (SSSR count). The van der Waals surface area contributed by atoms with Gasteiger partial charge in [-0.25, -0.2) is 4.98 Å². The number of hydrogen-bond donors (Lipinski definition) is 1. The van der Waals surface area contributed by atoms with Gasteiger partial charge < -0.3 is 10.3 Å². The van der Waals surface area contributed by atoms with Crippen LogP contribution in [0.15, 0.2) is 24.4 Å². The molecule has 0 saturated heterocycles. The molecule has 68 valence electrons. The smallest absolute Gasteiger partial charge is 0.141 e. The van der Waals surface area contributed by atoms with Gasteiger partial charge in [0.15, 0.2) is 0 Å². The summed E-state index contributed by atoms with van der Waals surface area (Å²) in [6, 6.07) is 6.26. The molecule has 2 N–H and O–H groups in total. The molecular formula is C10H13N3. The fraction of sp³-hybridized carbons (Fsp3) is 0.300. The normalized spacial score (nSPS) is 11.3. The molecule has 2 aromatic heterocycles. The number of nitrogen functional groups attached to an aromatic ring is 1. The molecule has 0 atom stereocenters. The molecule has 0 fully saturated rings. The number of anilines is 1. The van der Waals surface area contributed by atoms with Gasteiger partial charge in [0.2, 0.25) is 0 Å². The minimum Gasteiger partial charge on any atom is -0.385 e. The minimum absolute atomic E-state index is 0.354. The summed E-state index contributed by atoms with van der Waals surface area (Å²) < 4.78 is 2.04. The van der Waals surface area contributed by atoms with Crippen molar-refractivity contribution >= 4 is 16.9 Å². The third kappa shape index (κ3) is 1.16. The van der Waals surface area contributed by atoms with Gasteiger partial charge in [0.1, 0.15) is 11.5 Å². The lowest BCUT2D eigenvalue weighted by atomic mass is 10.3. The molecular weight excluding hydrogens is 162 g/mol. The second kappa shape index (κ2) is 2.76. The molecule has 0 bridgehead atoms. The van der Waals surface area contributed by atoms with E-state index >= 15 is 0 Å². The van der Waals surface area contributed by atoms with Gasteiger partial charge in [-0.2, -0.15) is 0 Å². The maximum atomic E-state index is 5.88. The fourth-order valence-corrected chi connectivity index (χ4v) is 1.62. The van der Waals surface area contributed by atoms with Gasteiger partial charge in [-0.15, -0.1) is 0 Å². The predicted octanol–water partition coefficient (Wildman–Crippen LogP) is 2.20. The highest BCUT2D eigenvalue weighted by Gasteiger charge is 2.08. The minimum atomic E-state index is 0.354. The van der Waals surface area contributed by atoms with Crippen molar-refractivity contribution in [3.63, 3.8) is 0 Å². The average Bonchev–Trinajstić information content (AvgIpc) is 2.39. The lowest BCUT2D eigenvalue weighted by Gasteiger charge is -2.10. The second-order valence-electron chi connectivity index (χ2n) is 3.45. The van der Waals surface area contributed by atoms with Crippen molar-refractivity contribution in [2.24, 2.45) is 0 Å². The third-order valence-electron chi connectivity index (χ3n) is 2.14. The van der Waals surface area contributed by atoms with Gasteiger partial charge in [0.05, 0.1) is 0 Å². The maximum Gasteiger partial charge on any atom is 0.141 e. The highest BCUT2D eigenvalue weighted by molar-refractivity contribution is 5.80. The van der Waals surface area contributed by atoms with Gasteiger partial charge in [-0.1, -0.05) is 0 Å². The monoisotopic (exact) mass is 175 g/mol. The third-order valence-corrected chi connectivity index (χ3v) is 2.14. The molecule has 0 aliphatic rings. The summed E-state index contributed by atoms with van der Waals surface area (Å²) in [6.45, 7) is 4.20. The van der Waals surface area contributed by atoms with E-state index in [1.165, 1.54) is 0 Å². The maximum absolute atomic E-state index is 5.88. The highest BCUT2D eigenvalue weighted by Crippen LogP contribution is 2.23. The first-order valence-corrected chi connectivity index (χ1v) is 4.41. The molecule has 0 aliphatic heterocycles. The highest BCUT2D eigenvalue weighted by atomic mass is 15.1. The number of rotatable bonds is 1. The number of fused-ring (bicyclic) bond motifs is 1. The van der Waals surface area contributed by atoms with Crippen LogP contribution in [0.5, 0.6) is 0 Å². The van der Waals surface area contributed by atoms with Gasteiger partial charge in [-0.3, -0.25) is 0 Å². The van der Waals surface area contributed by atoms with E-state index in [0.29, 0.717) is 6.04 Å². The Labute approximate surface area is 77.2 Å². The first kappa shape index (κ1) is 8.10. The Kier molecular flexibility index (Phi) is 1.72. The molecule has 2 aromatic rings. The molecule has 0 aromatic carbocycles. The van der Waals surface area contributed by atoms with Crippen LogP contribution in [-0.4, -0.2) is 9.55 Å². The zero-order chi connectivity index (χ0) is 9.42. The largest absolute Gasteiger partial charge is 0.385 e. The van der Waals surface area contributed by atoms with Crippen molar-refractivity contribution in [1.29, 1.82) is 0 Å². The van der Waals surface area contributed by atoms with Gasteiger partial charge in [0.25, 0.3) is 0 Å². The zero-order valence-electron chi connectivity index (χ0n) is 7.86. The first-order chi connectivity index (χ1) is 6.20. The molecule has 0 amide bonds. The van der Waals surface area contributed by atoms with Crippen molar-refractivity contribution in [3.8, 4) is 0 Å². The lowest BCUT2D eigenvalue weighted by Crippen LogP contribution is -2.05. The Morgan fingerprint density at radius 2 is 2.23 bits per heavy atom. The second-order valence-corrected chi connectivity index (χ2v) is 3.45. The van der Waals surface area contributed by atoms with E-state index in [1.807, 2.05) is 22.8 Å². The average molecular weight is 175 g/mol. The van der Waals surface area contributed by atoms with Crippen LogP contribution >= 0.6 is 0 Å². The Balaban J connectivity index is 2.78. The van der Waals surface area contributed by atoms with Crippen LogP contribution in [0.4, 0.5) is 5.82 Å². The van der Waals surface area contributed by atoms with E-state index < -0.39 is 0 Å². The van der Waals surface area contributed by atoms with Crippen molar-refractivity contribution in [2.75, 3.05) is 5.73 Å². The first-order valence-electron chi connectivity index (χ1n) is 4.41. The standard InChI is InChI=1S/C10H13N3/c1-7(2)13-9(11)6-8-4-3-5-12-10(8)13/h3-7H,11H2,1-2H3. The molecule has 0 spiro atoms. The Hall–Kier alpha value is -1.51. The molecule has 0 saturated carbocycles. The van der Waals surface area contributed by atoms with E-state index in [2.05, 4.69) is 18.8 Å². The van der Waals surface area contributed by atoms with Crippen LogP contribution in [0.1, 0.15) is 19.9 Å². The van der Waals surface area contributed by atoms with Crippen molar-refractivity contribution < 1.29 is 0 Å². The van der Waals surface area contributed by atoms with Crippen molar-refractivity contribution in [2.45, 2.75) is 19.9 Å². The molecule has 3 heteroatoms. The molecule has 2 heterocycles. The molecule has 0 radical (unpaired) electrons. The molecule has 0 aliphatic carbocycles. The Bertz CT molecular complexity index is 429. The van der Waals surface area contributed by atoms with E-state index in [0.717, 1.165) is 16.9 Å². The molecule has 13 heavy (non-hydrogen) atoms. The summed E-state index contributed by atoms with van der Waals surface area (Å²) in [5.41, 5.74) is 6.84. The van der Waals surface area contributed by atoms with Gasteiger partial charge in [0, 0.05) is 17.6 Å². The van der Waals surface area contributed by atoms with Crippen LogP contribution in [0.25, 0.3) is 11.0 Å². The summed E-state index contributed by atoms with van der Waals surface area (Å²) in [6.07, 6.45) is 1.79. The van der Waals surface area contributed by atoms with Crippen LogP contribution in [0, 0.1) is 0 Å². The van der Waals surface area contributed by atoms with Gasteiger partial charge >= 0.3 is 0 Å². The fourth-order valence-electron chi connectivity index (χ4n) is 1.62. The van der Waals surface area contributed by atoms with Gasteiger partial charge in [-0.05, 0) is 32.0 Å². The zero-order valence-corrected chi connectivity index (χ0v) is 7.86. The van der Waals surface area contributed by atoms with E-state index in [4.69, 9.17) is 5.73 Å². The summed E-state index contributed by atoms with van der Waals surface area (Å²) in [5, 5.41) is 1.11. The van der Waals surface area contributed by atoms with E-state index in [9.17, 15) is 0 Å². The SMILES string of the molecule is CC(C)n1c(N)cc2cccnc21. The van der Waals surface area contributed by atoms with Crippen LogP contribution in [-0.2, 0) is 0 Å². The number of hydrogen-bond acceptors (Lipinski definition) is 2. The quantitative estimate of drug-likeness (QED) is 0.722. The summed E-state index contributed by atoms with van der Waals surface area (Å²) in [7, 11) is 0. The van der Waals surface area contributed by atoms with Crippen LogP contribution in [0.3, 0.4) is 0 Å². The number of aromatic nitrogens is 2. The summed E-state index contributed by atoms with van der Waals surface area (Å²) in [5.74, 6) is 0.781. The lowest BCUT2D eigenvalue weighted by molar-refractivity contribution is 0.626. The van der Waals surface area contributed by atoms with Crippen LogP contribution < -0.4 is 5.73 Å². The number of nitrogens with two attached hydrogens (primary N) is 1. The van der Waals surface area contributed by atoms with E-state index in [-0.39, 0.29) is 0 Å². The predicted molar refractivity (Wildman–Crippen MR) is 54.5 cm³/mol. The van der Waals surface area contributed by atoms with Crippen LogP contribution in [0.2, 0.25) is 0 Å². The summed E-state index contributed by atoms with van der Waals surface area (Å²) >= 11 is 0. The Morgan fingerprint density at radius 1 is 1.46 bits per heavy atom. The topological polar surface area (TPSA) is 43.8 Å². The van der Waals surface area contributed by atoms with E-state index in [1.54, 1.807) is 6.20 Å².